The van der Waals surface area contributed by atoms with Gasteiger partial charge in [0, 0.05) is 19.5 Å². The molecular formula is C41H72N4O7. The highest BCUT2D eigenvalue weighted by Crippen LogP contribution is 2.48. The first-order valence-corrected chi connectivity index (χ1v) is 19.2. The average molecular weight is 733 g/mol. The second-order valence-corrected chi connectivity index (χ2v) is 20.7. The van der Waals surface area contributed by atoms with Gasteiger partial charge in [-0.2, -0.15) is 0 Å². The van der Waals surface area contributed by atoms with Crippen LogP contribution in [0.3, 0.4) is 0 Å². The number of nitrogens with zero attached hydrogens (tertiary/aromatic N) is 2. The number of rotatable bonds is 17. The molecule has 0 aliphatic heterocycles. The van der Waals surface area contributed by atoms with Gasteiger partial charge in [-0.3, -0.25) is 4.79 Å². The van der Waals surface area contributed by atoms with Gasteiger partial charge in [-0.1, -0.05) is 55.4 Å². The highest BCUT2D eigenvalue weighted by molar-refractivity contribution is 5.84. The first kappa shape index (κ1) is 45.6. The lowest BCUT2D eigenvalue weighted by Gasteiger charge is -2.46. The molecule has 0 aromatic carbocycles. The summed E-state index contributed by atoms with van der Waals surface area (Å²) in [7, 11) is 0. The van der Waals surface area contributed by atoms with E-state index in [1.165, 1.54) is 0 Å². The Morgan fingerprint density at radius 2 is 1.23 bits per heavy atom. The van der Waals surface area contributed by atoms with Crippen LogP contribution in [0.4, 0.5) is 4.79 Å². The van der Waals surface area contributed by atoms with Crippen molar-refractivity contribution in [3.63, 3.8) is 0 Å². The second kappa shape index (κ2) is 16.8. The maximum absolute atomic E-state index is 13.4. The fourth-order valence-electron chi connectivity index (χ4n) is 9.20. The molecule has 2 N–H and O–H groups in total. The van der Waals surface area contributed by atoms with E-state index in [1.807, 2.05) is 20.8 Å². The summed E-state index contributed by atoms with van der Waals surface area (Å²) in [4.78, 5) is 56.3. The van der Waals surface area contributed by atoms with Gasteiger partial charge in [0.1, 0.15) is 11.2 Å². The van der Waals surface area contributed by atoms with Gasteiger partial charge in [-0.05, 0) is 120 Å². The minimum atomic E-state index is -1.06. The molecule has 2 rings (SSSR count). The zero-order chi connectivity index (χ0) is 40.0. The fourth-order valence-corrected chi connectivity index (χ4v) is 9.20. The Kier molecular flexibility index (Phi) is 14.8. The van der Waals surface area contributed by atoms with Crippen LogP contribution in [0.2, 0.25) is 0 Å². The van der Waals surface area contributed by atoms with E-state index in [2.05, 4.69) is 89.9 Å². The number of isocyanates is 2. The molecule has 298 valence electrons. The molecule has 2 fully saturated rings. The first-order chi connectivity index (χ1) is 23.5. The highest BCUT2D eigenvalue weighted by Gasteiger charge is 2.45. The zero-order valence-corrected chi connectivity index (χ0v) is 35.3. The molecule has 0 heterocycles. The van der Waals surface area contributed by atoms with Gasteiger partial charge >= 0.3 is 6.09 Å². The van der Waals surface area contributed by atoms with Crippen LogP contribution >= 0.6 is 0 Å². The van der Waals surface area contributed by atoms with Crippen molar-refractivity contribution in [3.05, 3.63) is 0 Å². The Labute approximate surface area is 314 Å². The molecule has 2 amide bonds. The average Bonchev–Trinajstić information content (AvgIpc) is 2.92. The van der Waals surface area contributed by atoms with Gasteiger partial charge < -0.3 is 24.8 Å². The molecule has 11 nitrogen and oxygen atoms in total. The van der Waals surface area contributed by atoms with Gasteiger partial charge in [0.15, 0.2) is 0 Å². The van der Waals surface area contributed by atoms with Crippen molar-refractivity contribution < 1.29 is 33.4 Å². The van der Waals surface area contributed by atoms with E-state index in [1.54, 1.807) is 26.0 Å². The molecule has 0 aromatic heterocycles. The quantitative estimate of drug-likeness (QED) is 0.113. The monoisotopic (exact) mass is 733 g/mol. The van der Waals surface area contributed by atoms with Gasteiger partial charge in [-0.15, -0.1) is 0 Å². The van der Waals surface area contributed by atoms with E-state index in [9.17, 15) is 19.2 Å². The van der Waals surface area contributed by atoms with Gasteiger partial charge in [0.05, 0.1) is 30.4 Å². The second-order valence-electron chi connectivity index (χ2n) is 20.7. The molecule has 0 spiro atoms. The number of alkyl carbamates (subject to hydrolysis) is 1. The molecule has 2 saturated carbocycles. The third-order valence-corrected chi connectivity index (χ3v) is 11.7. The lowest BCUT2D eigenvalue weighted by Crippen LogP contribution is -2.51. The Morgan fingerprint density at radius 1 is 0.769 bits per heavy atom. The highest BCUT2D eigenvalue weighted by atomic mass is 16.6. The standard InChI is InChI=1S/C41H72N4O7/c1-29(51-38(10,11)32(48)42-25-40(14)21-30(44-27-46)19-34(2,3)23-40)18-36(6,7)39(12,13)50-17-16-37(8,9)52-33(49)43-26-41(15)22-31(45-28-47)20-35(4,5)24-41/h29-31H,16-26H2,1-15H3,(H,42,48)(H,43,49). The van der Waals surface area contributed by atoms with E-state index < -0.39 is 22.9 Å². The summed E-state index contributed by atoms with van der Waals surface area (Å²) in [5.74, 6) is -0.174. The molecule has 0 radical (unpaired) electrons. The van der Waals surface area contributed by atoms with E-state index in [4.69, 9.17) is 14.2 Å². The Hall–Kier alpha value is -2.58. The first-order valence-electron chi connectivity index (χ1n) is 19.2. The fraction of sp³-hybridized carbons (Fsp3) is 0.902. The predicted molar refractivity (Wildman–Crippen MR) is 205 cm³/mol. The number of aliphatic imine (C=N–C) groups is 2. The van der Waals surface area contributed by atoms with E-state index in [-0.39, 0.29) is 51.2 Å². The molecule has 0 aromatic rings. The summed E-state index contributed by atoms with van der Waals surface area (Å²) in [6.45, 7) is 32.0. The number of amides is 2. The van der Waals surface area contributed by atoms with Crippen LogP contribution in [0.1, 0.15) is 155 Å². The van der Waals surface area contributed by atoms with Gasteiger partial charge in [-0.25, -0.2) is 24.4 Å². The lowest BCUT2D eigenvalue weighted by atomic mass is 9.62. The molecular weight excluding hydrogens is 660 g/mol. The van der Waals surface area contributed by atoms with E-state index in [0.717, 1.165) is 32.1 Å². The van der Waals surface area contributed by atoms with Crippen molar-refractivity contribution in [2.45, 2.75) is 190 Å². The molecule has 5 unspecified atom stereocenters. The topological polar surface area (TPSA) is 145 Å². The molecule has 52 heavy (non-hydrogen) atoms. The van der Waals surface area contributed by atoms with Crippen LogP contribution in [0.25, 0.3) is 0 Å². The molecule has 0 saturated heterocycles. The largest absolute Gasteiger partial charge is 0.443 e. The Balaban J connectivity index is 1.88. The molecule has 11 heteroatoms. The minimum absolute atomic E-state index is 0.000832. The van der Waals surface area contributed by atoms with Crippen LogP contribution in [0.5, 0.6) is 0 Å². The summed E-state index contributed by atoms with van der Waals surface area (Å²) in [5, 5.41) is 6.10. The van der Waals surface area contributed by atoms with E-state index >= 15 is 0 Å². The van der Waals surface area contributed by atoms with Gasteiger partial charge in [0.2, 0.25) is 12.2 Å². The van der Waals surface area contributed by atoms with Crippen LogP contribution < -0.4 is 10.6 Å². The van der Waals surface area contributed by atoms with Crippen LogP contribution in [0.15, 0.2) is 9.98 Å². The SMILES string of the molecule is CC(CC(C)(C)C(C)(C)OCCC(C)(C)OC(=O)NCC1(C)CC(N=C=O)CC(C)(C)C1)OC(C)(C)C(=O)NCC1(C)CC(N=C=O)CC(C)(C)C1. The van der Waals surface area contributed by atoms with Crippen LogP contribution in [-0.4, -0.2) is 78.8 Å². The minimum Gasteiger partial charge on any atom is -0.443 e. The van der Waals surface area contributed by atoms with Crippen molar-refractivity contribution in [1.29, 1.82) is 0 Å². The van der Waals surface area contributed by atoms with E-state index in [0.29, 0.717) is 39.0 Å². The molecule has 0 bridgehead atoms. The number of carbonyl (C=O) groups excluding carboxylic acids is 4. The molecule has 2 aliphatic carbocycles. The van der Waals surface area contributed by atoms with Crippen molar-refractivity contribution in [2.24, 2.45) is 37.1 Å². The molecule has 5 atom stereocenters. The van der Waals surface area contributed by atoms with Crippen molar-refractivity contribution in [2.75, 3.05) is 19.7 Å². The predicted octanol–water partition coefficient (Wildman–Crippen LogP) is 8.23. The molecule has 2 aliphatic rings. The van der Waals surface area contributed by atoms with Crippen LogP contribution in [0, 0.1) is 27.1 Å². The maximum Gasteiger partial charge on any atom is 0.407 e. The van der Waals surface area contributed by atoms with Crippen molar-refractivity contribution >= 4 is 24.2 Å². The number of nitrogens with one attached hydrogen (secondary N) is 2. The summed E-state index contributed by atoms with van der Waals surface area (Å²) in [5.41, 5.74) is -3.10. The number of hydrogen-bond acceptors (Lipinski definition) is 9. The van der Waals surface area contributed by atoms with Crippen LogP contribution in [-0.2, 0) is 28.6 Å². The maximum atomic E-state index is 13.4. The third-order valence-electron chi connectivity index (χ3n) is 11.7. The Bertz CT molecular complexity index is 1340. The number of ether oxygens (including phenoxy) is 3. The van der Waals surface area contributed by atoms with Crippen molar-refractivity contribution in [1.82, 2.24) is 10.6 Å². The smallest absolute Gasteiger partial charge is 0.407 e. The Morgan fingerprint density at radius 3 is 1.69 bits per heavy atom. The number of carbonyl (C=O) groups is 2. The zero-order valence-electron chi connectivity index (χ0n) is 35.3. The van der Waals surface area contributed by atoms with Crippen molar-refractivity contribution in [3.8, 4) is 0 Å². The summed E-state index contributed by atoms with van der Waals surface area (Å²) < 4.78 is 18.7. The summed E-state index contributed by atoms with van der Waals surface area (Å²) in [6.07, 6.45) is 8.77. The normalized spacial score (nSPS) is 27.0. The summed E-state index contributed by atoms with van der Waals surface area (Å²) >= 11 is 0. The lowest BCUT2D eigenvalue weighted by molar-refractivity contribution is -0.159. The third kappa shape index (κ3) is 14.0. The summed E-state index contributed by atoms with van der Waals surface area (Å²) in [6, 6.07) is -0.188. The van der Waals surface area contributed by atoms with Gasteiger partial charge in [0.25, 0.3) is 5.91 Å². The number of hydrogen-bond donors (Lipinski definition) is 2.